The Morgan fingerprint density at radius 3 is 1.68 bits per heavy atom. The first kappa shape index (κ1) is 25.5. The van der Waals surface area contributed by atoms with Crippen LogP contribution >= 0.6 is 0 Å². The summed E-state index contributed by atoms with van der Waals surface area (Å²) < 4.78 is 0. The second-order valence-corrected chi connectivity index (χ2v) is 11.0. The van der Waals surface area contributed by atoms with Gasteiger partial charge in [-0.3, -0.25) is 14.4 Å². The molecule has 4 heterocycles. The van der Waals surface area contributed by atoms with Crippen molar-refractivity contribution >= 4 is 28.8 Å². The molecule has 1 amide bonds. The summed E-state index contributed by atoms with van der Waals surface area (Å²) in [5, 5.41) is 10.6. The van der Waals surface area contributed by atoms with Gasteiger partial charge in [-0.05, 0) is 75.9 Å². The Kier molecular flexibility index (Phi) is 7.33. The summed E-state index contributed by atoms with van der Waals surface area (Å²) in [5.41, 5.74) is 3.74. The van der Waals surface area contributed by atoms with Crippen molar-refractivity contribution in [2.75, 3.05) is 36.8 Å². The van der Waals surface area contributed by atoms with Crippen molar-refractivity contribution in [2.24, 2.45) is 0 Å². The Morgan fingerprint density at radius 2 is 1.19 bits per heavy atom. The average molecular weight is 506 g/mol. The number of carbonyl (C=O) groups is 3. The summed E-state index contributed by atoms with van der Waals surface area (Å²) >= 11 is 0. The van der Waals surface area contributed by atoms with Crippen molar-refractivity contribution in [2.45, 2.75) is 69.4 Å². The number of Topliss-reactive ketones (excluding diaryl/α,β-unsaturated/α-hetero) is 2. The molecule has 2 aromatic carbocycles. The van der Waals surface area contributed by atoms with Gasteiger partial charge in [0.1, 0.15) is 0 Å². The summed E-state index contributed by atoms with van der Waals surface area (Å²) in [5.74, 6) is 0.646. The van der Waals surface area contributed by atoms with E-state index < -0.39 is 0 Å². The van der Waals surface area contributed by atoms with Crippen LogP contribution in [0.15, 0.2) is 48.5 Å². The molecule has 2 fully saturated rings. The van der Waals surface area contributed by atoms with Gasteiger partial charge in [-0.1, -0.05) is 24.3 Å². The van der Waals surface area contributed by atoms with Crippen LogP contribution in [-0.4, -0.2) is 59.6 Å². The van der Waals surface area contributed by atoms with Crippen molar-refractivity contribution in [1.29, 1.82) is 0 Å². The van der Waals surface area contributed by atoms with Crippen LogP contribution in [0, 0.1) is 0 Å². The number of nitrogens with zero attached hydrogens (tertiary/aromatic N) is 1. The molecular formula is C30H40N4O3. The van der Waals surface area contributed by atoms with Crippen LogP contribution in [0.3, 0.4) is 0 Å². The predicted octanol–water partition coefficient (Wildman–Crippen LogP) is 4.90. The molecule has 4 aliphatic heterocycles. The number of benzene rings is 2. The van der Waals surface area contributed by atoms with Crippen molar-refractivity contribution in [3.05, 3.63) is 59.7 Å². The summed E-state index contributed by atoms with van der Waals surface area (Å²) in [7, 11) is 0. The zero-order chi connectivity index (χ0) is 25.9. The molecule has 7 nitrogen and oxygen atoms in total. The zero-order valence-corrected chi connectivity index (χ0v) is 21.8. The van der Waals surface area contributed by atoms with Crippen LogP contribution < -0.4 is 16.0 Å². The van der Waals surface area contributed by atoms with E-state index >= 15 is 0 Å². The minimum Gasteiger partial charge on any atom is -0.379 e. The third-order valence-electron chi connectivity index (χ3n) is 8.64. The van der Waals surface area contributed by atoms with Gasteiger partial charge in [-0.2, -0.15) is 0 Å². The Hall–Kier alpha value is -3.19. The lowest BCUT2D eigenvalue weighted by Gasteiger charge is -2.42. The molecule has 198 valence electrons. The first-order valence-corrected chi connectivity index (χ1v) is 13.7. The van der Waals surface area contributed by atoms with Gasteiger partial charge in [0.05, 0.1) is 0 Å². The number of ketones is 2. The first-order valence-electron chi connectivity index (χ1n) is 13.7. The Bertz CT molecular complexity index is 1170. The molecule has 2 aromatic rings. The van der Waals surface area contributed by atoms with Gasteiger partial charge in [0.2, 0.25) is 5.91 Å². The van der Waals surface area contributed by atoms with E-state index in [0.29, 0.717) is 12.8 Å². The van der Waals surface area contributed by atoms with E-state index in [0.717, 1.165) is 87.2 Å². The van der Waals surface area contributed by atoms with Crippen LogP contribution in [0.25, 0.3) is 0 Å². The highest BCUT2D eigenvalue weighted by Crippen LogP contribution is 2.37. The third-order valence-corrected chi connectivity index (χ3v) is 8.64. The fourth-order valence-electron chi connectivity index (χ4n) is 6.25. The predicted molar refractivity (Wildman–Crippen MR) is 148 cm³/mol. The van der Waals surface area contributed by atoms with Crippen LogP contribution in [0.4, 0.5) is 11.4 Å². The molecule has 0 atom stereocenters. The maximum Gasteiger partial charge on any atom is 0.219 e. The minimum absolute atomic E-state index is 0. The molecule has 0 aromatic heterocycles. The van der Waals surface area contributed by atoms with E-state index in [2.05, 4.69) is 16.0 Å². The molecule has 4 aliphatic rings. The second kappa shape index (κ2) is 10.7. The van der Waals surface area contributed by atoms with Gasteiger partial charge in [0.25, 0.3) is 0 Å². The monoisotopic (exact) mass is 505 g/mol. The number of piperidine rings is 2. The maximum absolute atomic E-state index is 12.2. The van der Waals surface area contributed by atoms with Crippen molar-refractivity contribution in [3.8, 4) is 0 Å². The first-order chi connectivity index (χ1) is 17.9. The standard InChI is InChI=1S/C16H20N2O2.C14H18N2O.H2/c1-12(19)18-10-8-16(9-11-18)7-6-15(20)13-4-2-3-5-14(13)17-16;17-13-5-6-14(7-9-15-10-8-14)16-12-4-2-1-3-11(12)13;/h2-5,17H,6-11H2,1H3;1-4,15-16H,5-10H2;1H/i;;1+1. The summed E-state index contributed by atoms with van der Waals surface area (Å²) in [6, 6.07) is 15.7. The molecule has 0 aliphatic carbocycles. The SMILES string of the molecule is CC(=O)N1CCC2(CCC(=O)c3ccccc3N2)CC1.O=C1CCC2(CCNCC2)Nc2ccccc21.[2HH]. The summed E-state index contributed by atoms with van der Waals surface area (Å²) in [6.45, 7) is 5.27. The molecule has 3 N–H and O–H groups in total. The molecule has 2 saturated heterocycles. The van der Waals surface area contributed by atoms with Gasteiger partial charge in [0, 0.05) is 67.9 Å². The number of carbonyl (C=O) groups excluding carboxylic acids is 3. The lowest BCUT2D eigenvalue weighted by Crippen LogP contribution is -2.50. The Morgan fingerprint density at radius 1 is 0.730 bits per heavy atom. The lowest BCUT2D eigenvalue weighted by atomic mass is 9.83. The largest absolute Gasteiger partial charge is 0.379 e. The fourth-order valence-corrected chi connectivity index (χ4v) is 6.25. The molecule has 0 saturated carbocycles. The average Bonchev–Trinajstić information content (AvgIpc) is 3.14. The number of anilines is 2. The topological polar surface area (TPSA) is 90.5 Å². The van der Waals surface area contributed by atoms with Crippen LogP contribution in [0.5, 0.6) is 0 Å². The molecule has 2 spiro atoms. The van der Waals surface area contributed by atoms with Gasteiger partial charge >= 0.3 is 0 Å². The molecule has 0 radical (unpaired) electrons. The van der Waals surface area contributed by atoms with Crippen molar-refractivity contribution < 1.29 is 15.8 Å². The van der Waals surface area contributed by atoms with Crippen LogP contribution in [0.2, 0.25) is 0 Å². The maximum atomic E-state index is 12.2. The highest BCUT2D eigenvalue weighted by atomic mass is 16.2. The van der Waals surface area contributed by atoms with E-state index in [-0.39, 0.29) is 30.0 Å². The number of para-hydroxylation sites is 2. The highest BCUT2D eigenvalue weighted by Gasteiger charge is 2.38. The van der Waals surface area contributed by atoms with Gasteiger partial charge in [0.15, 0.2) is 11.6 Å². The van der Waals surface area contributed by atoms with Crippen molar-refractivity contribution in [3.63, 3.8) is 0 Å². The highest BCUT2D eigenvalue weighted by molar-refractivity contribution is 6.02. The molecule has 37 heavy (non-hydrogen) atoms. The number of rotatable bonds is 0. The molecule has 6 rings (SSSR count). The number of fused-ring (bicyclic) bond motifs is 2. The lowest BCUT2D eigenvalue weighted by molar-refractivity contribution is -0.130. The van der Waals surface area contributed by atoms with Gasteiger partial charge < -0.3 is 20.9 Å². The van der Waals surface area contributed by atoms with Crippen LogP contribution in [-0.2, 0) is 4.79 Å². The number of likely N-dealkylation sites (tertiary alicyclic amines) is 1. The van der Waals surface area contributed by atoms with E-state index in [1.54, 1.807) is 6.92 Å². The smallest absolute Gasteiger partial charge is 0.219 e. The molecule has 0 bridgehead atoms. The van der Waals surface area contributed by atoms with Crippen molar-refractivity contribution in [1.82, 2.24) is 10.2 Å². The second-order valence-electron chi connectivity index (χ2n) is 11.0. The minimum atomic E-state index is -0.0335. The quantitative estimate of drug-likeness (QED) is 0.472. The molecule has 0 unspecified atom stereocenters. The number of hydrogen-bond acceptors (Lipinski definition) is 6. The van der Waals surface area contributed by atoms with E-state index in [1.165, 1.54) is 0 Å². The molecule has 7 heteroatoms. The van der Waals surface area contributed by atoms with E-state index in [1.807, 2.05) is 53.4 Å². The number of nitrogens with one attached hydrogen (secondary N) is 3. The fraction of sp³-hybridized carbons (Fsp3) is 0.500. The van der Waals surface area contributed by atoms with Crippen LogP contribution in [0.1, 0.15) is 80.4 Å². The summed E-state index contributed by atoms with van der Waals surface area (Å²) in [6.07, 6.45) is 7.11. The summed E-state index contributed by atoms with van der Waals surface area (Å²) in [4.78, 5) is 37.6. The number of hydrogen-bond donors (Lipinski definition) is 3. The zero-order valence-electron chi connectivity index (χ0n) is 21.8. The number of amides is 1. The van der Waals surface area contributed by atoms with E-state index in [9.17, 15) is 14.4 Å². The molecular weight excluding hydrogens is 464 g/mol. The van der Waals surface area contributed by atoms with Gasteiger partial charge in [-0.25, -0.2) is 0 Å². The Labute approximate surface area is 220 Å². The third kappa shape index (κ3) is 5.57. The van der Waals surface area contributed by atoms with Gasteiger partial charge in [-0.15, -0.1) is 0 Å². The van der Waals surface area contributed by atoms with E-state index in [4.69, 9.17) is 0 Å². The normalized spacial score (nSPS) is 21.8. The Balaban J connectivity index is 0.000000174.